The predicted octanol–water partition coefficient (Wildman–Crippen LogP) is -8.24. The predicted molar refractivity (Wildman–Crippen MR) is 58.2 cm³/mol. The summed E-state index contributed by atoms with van der Waals surface area (Å²) < 4.78 is 0. The molecule has 1 unspecified atom stereocenters. The fourth-order valence-corrected chi connectivity index (χ4v) is 1.43. The zero-order valence-electron chi connectivity index (χ0n) is 12.7. The topological polar surface area (TPSA) is 130 Å². The Balaban J connectivity index is -0.00000162. The second kappa shape index (κ2) is 14.5. The number of rotatable bonds is 10. The number of nitrogens with zero attached hydrogens (tertiary/aromatic N) is 1. The van der Waals surface area contributed by atoms with E-state index in [2.05, 4.69) is 4.89 Å². The van der Waals surface area contributed by atoms with Crippen molar-refractivity contribution in [1.82, 2.24) is 4.90 Å². The molecule has 0 rings (SSSR count). The first-order valence-electron chi connectivity index (χ1n) is 5.84. The van der Waals surface area contributed by atoms with Gasteiger partial charge in [0, 0.05) is 25.4 Å². The smallest absolute Gasteiger partial charge is 0.550 e. The maximum Gasteiger partial charge on any atom is 1.00 e. The Hall–Kier alpha value is -0.475. The van der Waals surface area contributed by atoms with Gasteiger partial charge in [0.15, 0.2) is 0 Å². The summed E-state index contributed by atoms with van der Waals surface area (Å²) in [6, 6.07) is 0. The molecule has 21 heavy (non-hydrogen) atoms. The fourth-order valence-electron chi connectivity index (χ4n) is 1.43. The molecule has 110 valence electrons. The molecule has 1 amide bonds. The van der Waals surface area contributed by atoms with Gasteiger partial charge >= 0.3 is 37.7 Å². The number of carboxylic acids is 2. The van der Waals surface area contributed by atoms with Crippen molar-refractivity contribution in [2.45, 2.75) is 38.7 Å². The van der Waals surface area contributed by atoms with Crippen LogP contribution in [0.4, 0.5) is 0 Å². The molecule has 1 atom stereocenters. The van der Waals surface area contributed by atoms with Crippen LogP contribution in [0.1, 0.15) is 32.6 Å². The molecule has 0 aliphatic carbocycles. The summed E-state index contributed by atoms with van der Waals surface area (Å²) in [5, 5.41) is 29.1. The number of carbonyl (C=O) groups is 3. The Kier molecular flexibility index (Phi) is 17.5. The zero-order chi connectivity index (χ0) is 14.8. The van der Waals surface area contributed by atoms with Crippen LogP contribution in [-0.4, -0.2) is 47.2 Å². The van der Waals surface area contributed by atoms with Crippen molar-refractivity contribution in [3.05, 3.63) is 0 Å². The van der Waals surface area contributed by atoms with Crippen molar-refractivity contribution < 1.29 is 72.5 Å². The van der Waals surface area contributed by atoms with E-state index in [0.717, 1.165) is 4.90 Å². The molecule has 8 nitrogen and oxygen atoms in total. The van der Waals surface area contributed by atoms with Crippen LogP contribution in [0.3, 0.4) is 0 Å². The average Bonchev–Trinajstić information content (AvgIpc) is 2.33. The van der Waals surface area contributed by atoms with E-state index in [1.807, 2.05) is 0 Å². The number of carboxylic acid groups (broad SMARTS) is 2. The SMILES string of the molecule is CC(CCCC(=O)N(CCC(=O)[O-])CC(=O)[O-])OO.[Li+].[Li+]. The summed E-state index contributed by atoms with van der Waals surface area (Å²) in [5.41, 5.74) is 0. The Bertz CT molecular complexity index is 328. The van der Waals surface area contributed by atoms with Gasteiger partial charge in [-0.05, 0) is 19.8 Å². The van der Waals surface area contributed by atoms with E-state index in [1.165, 1.54) is 0 Å². The van der Waals surface area contributed by atoms with Gasteiger partial charge in [-0.1, -0.05) is 0 Å². The van der Waals surface area contributed by atoms with Crippen LogP contribution in [0, 0.1) is 0 Å². The summed E-state index contributed by atoms with van der Waals surface area (Å²) in [7, 11) is 0. The number of amides is 1. The molecule has 0 aromatic rings. The van der Waals surface area contributed by atoms with Gasteiger partial charge in [0.05, 0.1) is 18.6 Å². The Morgan fingerprint density at radius 3 is 2.14 bits per heavy atom. The third-order valence-electron chi connectivity index (χ3n) is 2.44. The van der Waals surface area contributed by atoms with E-state index in [0.29, 0.717) is 12.8 Å². The van der Waals surface area contributed by atoms with Crippen molar-refractivity contribution in [2.75, 3.05) is 13.1 Å². The molecule has 0 saturated heterocycles. The molecule has 0 bridgehead atoms. The third-order valence-corrected chi connectivity index (χ3v) is 2.44. The van der Waals surface area contributed by atoms with E-state index in [4.69, 9.17) is 5.26 Å². The maximum absolute atomic E-state index is 11.7. The number of carbonyl (C=O) groups excluding carboxylic acids is 3. The van der Waals surface area contributed by atoms with E-state index in [1.54, 1.807) is 6.92 Å². The molecular weight excluding hydrogens is 272 g/mol. The van der Waals surface area contributed by atoms with Crippen molar-refractivity contribution in [1.29, 1.82) is 0 Å². The van der Waals surface area contributed by atoms with Gasteiger partial charge in [0.2, 0.25) is 5.91 Å². The van der Waals surface area contributed by atoms with E-state index < -0.39 is 36.9 Å². The normalized spacial score (nSPS) is 10.8. The maximum atomic E-state index is 11.7. The third kappa shape index (κ3) is 14.2. The summed E-state index contributed by atoms with van der Waals surface area (Å²) in [4.78, 5) is 37.4. The molecule has 1 N–H and O–H groups in total. The van der Waals surface area contributed by atoms with E-state index >= 15 is 0 Å². The van der Waals surface area contributed by atoms with Gasteiger partial charge in [-0.3, -0.25) is 10.1 Å². The molecule has 0 aromatic heterocycles. The Morgan fingerprint density at radius 2 is 1.71 bits per heavy atom. The molecule has 0 spiro atoms. The van der Waals surface area contributed by atoms with Crippen molar-refractivity contribution in [2.24, 2.45) is 0 Å². The van der Waals surface area contributed by atoms with Crippen LogP contribution in [0.15, 0.2) is 0 Å². The monoisotopic (exact) mass is 289 g/mol. The first-order chi connectivity index (χ1) is 8.86. The van der Waals surface area contributed by atoms with Gasteiger partial charge in [-0.2, -0.15) is 0 Å². The molecule has 0 heterocycles. The number of hydrogen-bond donors (Lipinski definition) is 1. The van der Waals surface area contributed by atoms with Gasteiger partial charge in [0.25, 0.3) is 0 Å². The Morgan fingerprint density at radius 1 is 1.14 bits per heavy atom. The largest absolute Gasteiger partial charge is 1.00 e. The minimum absolute atomic E-state index is 0. The van der Waals surface area contributed by atoms with Crippen LogP contribution >= 0.6 is 0 Å². The van der Waals surface area contributed by atoms with Gasteiger partial charge in [0.1, 0.15) is 0 Å². The molecule has 0 saturated carbocycles. The second-order valence-corrected chi connectivity index (χ2v) is 4.12. The molecule has 0 fully saturated rings. The minimum atomic E-state index is -1.46. The first kappa shape index (κ1) is 25.5. The zero-order valence-corrected chi connectivity index (χ0v) is 12.7. The van der Waals surface area contributed by atoms with E-state index in [-0.39, 0.29) is 50.7 Å². The fraction of sp³-hybridized carbons (Fsp3) is 0.727. The quantitative estimate of drug-likeness (QED) is 0.240. The molecule has 0 aliphatic rings. The van der Waals surface area contributed by atoms with Crippen molar-refractivity contribution >= 4 is 17.8 Å². The summed E-state index contributed by atoms with van der Waals surface area (Å²) >= 11 is 0. The van der Waals surface area contributed by atoms with Crippen molar-refractivity contribution in [3.8, 4) is 0 Å². The van der Waals surface area contributed by atoms with Gasteiger partial charge < -0.3 is 24.7 Å². The molecular formula is C11H17Li2NO7. The van der Waals surface area contributed by atoms with Gasteiger partial charge in [-0.15, -0.1) is 0 Å². The molecule has 10 heteroatoms. The van der Waals surface area contributed by atoms with Crippen LogP contribution < -0.4 is 47.9 Å². The van der Waals surface area contributed by atoms with Crippen molar-refractivity contribution in [3.63, 3.8) is 0 Å². The summed E-state index contributed by atoms with van der Waals surface area (Å²) in [5.74, 6) is -3.31. The van der Waals surface area contributed by atoms with Gasteiger partial charge in [-0.25, -0.2) is 4.89 Å². The summed E-state index contributed by atoms with van der Waals surface area (Å²) in [6.07, 6.45) is -0.0221. The van der Waals surface area contributed by atoms with Crippen LogP contribution in [0.2, 0.25) is 0 Å². The minimum Gasteiger partial charge on any atom is -0.550 e. The Labute approximate surface area is 147 Å². The summed E-state index contributed by atoms with van der Waals surface area (Å²) in [6.45, 7) is 0.721. The molecule has 0 radical (unpaired) electrons. The van der Waals surface area contributed by atoms with Crippen LogP contribution in [0.5, 0.6) is 0 Å². The standard InChI is InChI=1S/C11H19NO7.2Li/c1-8(19-18)3-2-4-9(13)12(7-11(16)17)6-5-10(14)15;;/h8,18H,2-7H2,1H3,(H,14,15)(H,16,17);;/q;2*+1/p-2. The first-order valence-corrected chi connectivity index (χ1v) is 5.84. The number of hydrogen-bond acceptors (Lipinski definition) is 7. The molecule has 0 aliphatic heterocycles. The van der Waals surface area contributed by atoms with Crippen LogP contribution in [0.25, 0.3) is 0 Å². The second-order valence-electron chi connectivity index (χ2n) is 4.12. The van der Waals surface area contributed by atoms with E-state index in [9.17, 15) is 24.6 Å². The number of aliphatic carboxylic acids is 2. The average molecular weight is 289 g/mol. The molecule has 0 aromatic carbocycles. The van der Waals surface area contributed by atoms with Crippen LogP contribution in [-0.2, 0) is 19.3 Å².